The lowest BCUT2D eigenvalue weighted by Crippen LogP contribution is -2.33. The Hall–Kier alpha value is -3.55. The molecule has 3 heterocycles. The first-order valence-electron chi connectivity index (χ1n) is 9.42. The second-order valence-corrected chi connectivity index (χ2v) is 7.25. The summed E-state index contributed by atoms with van der Waals surface area (Å²) >= 11 is 0. The van der Waals surface area contributed by atoms with E-state index in [1.54, 1.807) is 41.6 Å². The Morgan fingerprint density at radius 1 is 1.17 bits per heavy atom. The summed E-state index contributed by atoms with van der Waals surface area (Å²) in [6.45, 7) is 4.62. The average Bonchev–Trinajstić information content (AvgIpc) is 3.35. The number of Topliss-reactive ketones (excluding diaryl/α,β-unsaturated/α-hetero) is 1. The van der Waals surface area contributed by atoms with Crippen LogP contribution in [0.25, 0.3) is 11.4 Å². The fourth-order valence-electron chi connectivity index (χ4n) is 3.48. The number of urea groups is 1. The minimum absolute atomic E-state index is 0.0348. The minimum atomic E-state index is -0.214. The number of carbonyl (C=O) groups excluding carboxylic acids is 2. The minimum Gasteiger partial charge on any atom is -0.339 e. The van der Waals surface area contributed by atoms with Crippen molar-refractivity contribution in [3.63, 3.8) is 0 Å². The van der Waals surface area contributed by atoms with E-state index >= 15 is 0 Å². The topological polar surface area (TPSA) is 101 Å². The van der Waals surface area contributed by atoms with E-state index in [1.807, 2.05) is 12.1 Å². The van der Waals surface area contributed by atoms with Crippen molar-refractivity contribution in [2.24, 2.45) is 5.92 Å². The van der Waals surface area contributed by atoms with E-state index < -0.39 is 0 Å². The van der Waals surface area contributed by atoms with Crippen molar-refractivity contribution in [2.75, 3.05) is 18.4 Å². The van der Waals surface area contributed by atoms with Crippen LogP contribution in [0.15, 0.2) is 53.3 Å². The van der Waals surface area contributed by atoms with Crippen LogP contribution in [-0.4, -0.2) is 44.9 Å². The fourth-order valence-corrected chi connectivity index (χ4v) is 3.48. The molecule has 2 aromatic heterocycles. The van der Waals surface area contributed by atoms with Crippen molar-refractivity contribution in [3.05, 3.63) is 60.2 Å². The molecule has 8 heteroatoms. The highest BCUT2D eigenvalue weighted by atomic mass is 16.5. The Bertz CT molecular complexity index is 1030. The van der Waals surface area contributed by atoms with Crippen LogP contribution >= 0.6 is 0 Å². The van der Waals surface area contributed by atoms with E-state index in [9.17, 15) is 9.59 Å². The molecule has 2 amide bonds. The Labute approximate surface area is 167 Å². The van der Waals surface area contributed by atoms with Crippen LogP contribution in [0.1, 0.15) is 36.0 Å². The quantitative estimate of drug-likeness (QED) is 0.682. The average molecular weight is 391 g/mol. The zero-order valence-corrected chi connectivity index (χ0v) is 16.2. The lowest BCUT2D eigenvalue weighted by molar-refractivity contribution is 0.101. The largest absolute Gasteiger partial charge is 0.339 e. The molecule has 29 heavy (non-hydrogen) atoms. The van der Waals surface area contributed by atoms with E-state index in [0.717, 1.165) is 5.56 Å². The smallest absolute Gasteiger partial charge is 0.321 e. The van der Waals surface area contributed by atoms with Crippen LogP contribution < -0.4 is 5.32 Å². The van der Waals surface area contributed by atoms with Crippen LogP contribution in [0.2, 0.25) is 0 Å². The zero-order valence-electron chi connectivity index (χ0n) is 16.2. The number of pyridine rings is 1. The molecule has 0 spiro atoms. The van der Waals surface area contributed by atoms with Gasteiger partial charge in [0.05, 0.1) is 5.92 Å². The lowest BCUT2D eigenvalue weighted by atomic mass is 9.98. The molecule has 2 atom stereocenters. The van der Waals surface area contributed by atoms with Gasteiger partial charge in [-0.1, -0.05) is 24.2 Å². The van der Waals surface area contributed by atoms with Crippen molar-refractivity contribution < 1.29 is 14.1 Å². The van der Waals surface area contributed by atoms with Gasteiger partial charge in [-0.2, -0.15) is 4.98 Å². The lowest BCUT2D eigenvalue weighted by Gasteiger charge is -2.17. The molecule has 1 saturated heterocycles. The summed E-state index contributed by atoms with van der Waals surface area (Å²) in [5.41, 5.74) is 1.99. The van der Waals surface area contributed by atoms with Crippen molar-refractivity contribution in [3.8, 4) is 11.4 Å². The molecule has 1 aliphatic heterocycles. The first-order chi connectivity index (χ1) is 14.0. The molecule has 0 radical (unpaired) electrons. The maximum Gasteiger partial charge on any atom is 0.321 e. The molecular formula is C21H21N5O3. The second kappa shape index (κ2) is 7.83. The van der Waals surface area contributed by atoms with E-state index in [0.29, 0.717) is 36.1 Å². The standard InChI is InChI=1S/C21H21N5O3/c1-13-11-26(21(28)23-17-5-3-4-16(10-17)14(2)27)12-18(13)20-24-19(25-29-20)15-6-8-22-9-7-15/h3-10,13,18H,11-12H2,1-2H3,(H,23,28)/t13-,18-/m0/s1. The van der Waals surface area contributed by atoms with Gasteiger partial charge >= 0.3 is 6.03 Å². The molecule has 0 saturated carbocycles. The predicted octanol–water partition coefficient (Wildman–Crippen LogP) is 3.60. The summed E-state index contributed by atoms with van der Waals surface area (Å²) in [5, 5.41) is 6.93. The van der Waals surface area contributed by atoms with Crippen LogP contribution in [-0.2, 0) is 0 Å². The third kappa shape index (κ3) is 4.01. The van der Waals surface area contributed by atoms with Gasteiger partial charge in [0, 0.05) is 42.3 Å². The zero-order chi connectivity index (χ0) is 20.4. The Morgan fingerprint density at radius 3 is 2.72 bits per heavy atom. The third-order valence-corrected chi connectivity index (χ3v) is 5.12. The maximum absolute atomic E-state index is 12.7. The number of nitrogens with zero attached hydrogens (tertiary/aromatic N) is 4. The van der Waals surface area contributed by atoms with Gasteiger partial charge < -0.3 is 14.7 Å². The number of aromatic nitrogens is 3. The fraction of sp³-hybridized carbons (Fsp3) is 0.286. The van der Waals surface area contributed by atoms with Crippen LogP contribution in [0.3, 0.4) is 0 Å². The van der Waals surface area contributed by atoms with Gasteiger partial charge in [-0.05, 0) is 37.1 Å². The number of carbonyl (C=O) groups is 2. The van der Waals surface area contributed by atoms with Gasteiger partial charge in [-0.15, -0.1) is 0 Å². The molecule has 0 bridgehead atoms. The normalized spacial score (nSPS) is 18.6. The molecule has 3 aromatic rings. The summed E-state index contributed by atoms with van der Waals surface area (Å²) in [7, 11) is 0. The monoisotopic (exact) mass is 391 g/mol. The van der Waals surface area contributed by atoms with E-state index in [4.69, 9.17) is 4.52 Å². The molecule has 8 nitrogen and oxygen atoms in total. The Kier molecular flexibility index (Phi) is 5.07. The summed E-state index contributed by atoms with van der Waals surface area (Å²) < 4.78 is 5.48. The number of benzene rings is 1. The first kappa shape index (κ1) is 18.8. The molecule has 148 valence electrons. The molecule has 0 aliphatic carbocycles. The Morgan fingerprint density at radius 2 is 1.97 bits per heavy atom. The summed E-state index contributed by atoms with van der Waals surface area (Å²) in [6.07, 6.45) is 3.35. The number of ketones is 1. The van der Waals surface area contributed by atoms with Crippen LogP contribution in [0, 0.1) is 5.92 Å². The second-order valence-electron chi connectivity index (χ2n) is 7.25. The molecule has 4 rings (SSSR count). The number of hydrogen-bond acceptors (Lipinski definition) is 6. The van der Waals surface area contributed by atoms with Crippen molar-refractivity contribution in [1.82, 2.24) is 20.0 Å². The molecule has 1 fully saturated rings. The van der Waals surface area contributed by atoms with Gasteiger partial charge in [0.15, 0.2) is 5.78 Å². The highest BCUT2D eigenvalue weighted by Crippen LogP contribution is 2.32. The van der Waals surface area contributed by atoms with Gasteiger partial charge in [0.1, 0.15) is 0 Å². The number of likely N-dealkylation sites (tertiary alicyclic amines) is 1. The molecule has 1 aromatic carbocycles. The number of amides is 2. The van der Waals surface area contributed by atoms with E-state index in [2.05, 4.69) is 27.4 Å². The van der Waals surface area contributed by atoms with Gasteiger partial charge in [-0.3, -0.25) is 9.78 Å². The summed E-state index contributed by atoms with van der Waals surface area (Å²) in [5.74, 6) is 1.14. The highest BCUT2D eigenvalue weighted by Gasteiger charge is 2.37. The van der Waals surface area contributed by atoms with Crippen molar-refractivity contribution in [2.45, 2.75) is 19.8 Å². The van der Waals surface area contributed by atoms with Crippen LogP contribution in [0.4, 0.5) is 10.5 Å². The van der Waals surface area contributed by atoms with Gasteiger partial charge in [0.2, 0.25) is 11.7 Å². The first-order valence-corrected chi connectivity index (χ1v) is 9.42. The van der Waals surface area contributed by atoms with Crippen LogP contribution in [0.5, 0.6) is 0 Å². The summed E-state index contributed by atoms with van der Waals surface area (Å²) in [6, 6.07) is 10.3. The molecule has 0 unspecified atom stereocenters. The molecule has 1 aliphatic rings. The number of hydrogen-bond donors (Lipinski definition) is 1. The van der Waals surface area contributed by atoms with E-state index in [1.165, 1.54) is 6.92 Å². The number of anilines is 1. The predicted molar refractivity (Wildman–Crippen MR) is 106 cm³/mol. The number of rotatable bonds is 4. The van der Waals surface area contributed by atoms with Gasteiger partial charge in [-0.25, -0.2) is 4.79 Å². The molecular weight excluding hydrogens is 370 g/mol. The number of nitrogens with one attached hydrogen (secondary N) is 1. The Balaban J connectivity index is 1.45. The molecule has 1 N–H and O–H groups in total. The van der Waals surface area contributed by atoms with Crippen molar-refractivity contribution >= 4 is 17.5 Å². The highest BCUT2D eigenvalue weighted by molar-refractivity contribution is 5.96. The van der Waals surface area contributed by atoms with Gasteiger partial charge in [0.25, 0.3) is 0 Å². The maximum atomic E-state index is 12.7. The van der Waals surface area contributed by atoms with E-state index in [-0.39, 0.29) is 23.7 Å². The SMILES string of the molecule is CC(=O)c1cccc(NC(=O)N2C[C@H](c3nc(-c4ccncc4)no3)[C@@H](C)C2)c1. The summed E-state index contributed by atoms with van der Waals surface area (Å²) in [4.78, 5) is 34.5. The van der Waals surface area contributed by atoms with Crippen molar-refractivity contribution in [1.29, 1.82) is 0 Å². The third-order valence-electron chi connectivity index (χ3n) is 5.12.